The van der Waals surface area contributed by atoms with Crippen LogP contribution < -0.4 is 4.90 Å². The average Bonchev–Trinajstić information content (AvgIpc) is 2.29. The molecule has 0 amide bonds. The largest absolute Gasteiger partial charge is 0.417 e. The molecule has 0 aliphatic rings. The molecule has 0 atom stereocenters. The van der Waals surface area contributed by atoms with Gasteiger partial charge >= 0.3 is 6.18 Å². The van der Waals surface area contributed by atoms with Crippen LogP contribution in [0.2, 0.25) is 0 Å². The number of rotatable bonds is 5. The van der Waals surface area contributed by atoms with Crippen LogP contribution in [0.4, 0.5) is 19.0 Å². The minimum Gasteiger partial charge on any atom is -0.357 e. The Morgan fingerprint density at radius 1 is 1.35 bits per heavy atom. The van der Waals surface area contributed by atoms with E-state index in [0.29, 0.717) is 24.8 Å². The number of alkyl halides is 4. The summed E-state index contributed by atoms with van der Waals surface area (Å²) in [6.45, 7) is 3.31. The fourth-order valence-corrected chi connectivity index (χ4v) is 1.55. The predicted octanol–water partition coefficient (Wildman–Crippen LogP) is 3.56. The third-order valence-electron chi connectivity index (χ3n) is 2.34. The number of halogens is 4. The van der Waals surface area contributed by atoms with Gasteiger partial charge in [-0.3, -0.25) is 0 Å². The van der Waals surface area contributed by atoms with Crippen molar-refractivity contribution in [3.63, 3.8) is 0 Å². The highest BCUT2D eigenvalue weighted by atomic mass is 35.5. The van der Waals surface area contributed by atoms with Crippen molar-refractivity contribution in [2.45, 2.75) is 19.5 Å². The van der Waals surface area contributed by atoms with E-state index < -0.39 is 11.7 Å². The molecule has 1 aromatic rings. The summed E-state index contributed by atoms with van der Waals surface area (Å²) >= 11 is 5.58. The summed E-state index contributed by atoms with van der Waals surface area (Å²) in [5, 5.41) is 0. The second kappa shape index (κ2) is 6.10. The van der Waals surface area contributed by atoms with E-state index in [-0.39, 0.29) is 0 Å². The van der Waals surface area contributed by atoms with Crippen LogP contribution in [0.3, 0.4) is 0 Å². The van der Waals surface area contributed by atoms with Crippen molar-refractivity contribution in [3.8, 4) is 0 Å². The SMILES string of the molecule is CCN(CCCCl)c1ccc(C(F)(F)F)cn1. The van der Waals surface area contributed by atoms with E-state index in [0.717, 1.165) is 18.7 Å². The Hall–Kier alpha value is -0.970. The Balaban J connectivity index is 2.78. The first kappa shape index (κ1) is 14.1. The van der Waals surface area contributed by atoms with E-state index in [1.165, 1.54) is 6.07 Å². The molecule has 6 heteroatoms. The Morgan fingerprint density at radius 3 is 2.47 bits per heavy atom. The summed E-state index contributed by atoms with van der Waals surface area (Å²) in [5.74, 6) is 1.07. The fourth-order valence-electron chi connectivity index (χ4n) is 1.43. The van der Waals surface area contributed by atoms with Crippen molar-refractivity contribution in [2.24, 2.45) is 0 Å². The van der Waals surface area contributed by atoms with Crippen molar-refractivity contribution < 1.29 is 13.2 Å². The predicted molar refractivity (Wildman–Crippen MR) is 62.5 cm³/mol. The van der Waals surface area contributed by atoms with Gasteiger partial charge in [-0.05, 0) is 25.5 Å². The van der Waals surface area contributed by atoms with Gasteiger partial charge in [-0.1, -0.05) is 0 Å². The van der Waals surface area contributed by atoms with Crippen LogP contribution in [-0.4, -0.2) is 24.0 Å². The molecular weight excluding hydrogens is 253 g/mol. The van der Waals surface area contributed by atoms with Crippen LogP contribution in [-0.2, 0) is 6.18 Å². The Labute approximate surface area is 103 Å². The summed E-state index contributed by atoms with van der Waals surface area (Å²) in [7, 11) is 0. The molecule has 1 rings (SSSR count). The van der Waals surface area contributed by atoms with E-state index in [1.54, 1.807) is 0 Å². The van der Waals surface area contributed by atoms with E-state index >= 15 is 0 Å². The van der Waals surface area contributed by atoms with Crippen LogP contribution >= 0.6 is 11.6 Å². The number of nitrogens with zero attached hydrogens (tertiary/aromatic N) is 2. The molecule has 0 N–H and O–H groups in total. The van der Waals surface area contributed by atoms with Crippen LogP contribution in [0.15, 0.2) is 18.3 Å². The maximum Gasteiger partial charge on any atom is 0.417 e. The number of hydrogen-bond donors (Lipinski definition) is 0. The molecule has 2 nitrogen and oxygen atoms in total. The molecule has 17 heavy (non-hydrogen) atoms. The number of anilines is 1. The van der Waals surface area contributed by atoms with Gasteiger partial charge in [-0.15, -0.1) is 11.6 Å². The van der Waals surface area contributed by atoms with Gasteiger partial charge in [0.05, 0.1) is 5.56 Å². The molecule has 0 fully saturated rings. The topological polar surface area (TPSA) is 16.1 Å². The van der Waals surface area contributed by atoms with Gasteiger partial charge in [0, 0.05) is 25.2 Å². The Morgan fingerprint density at radius 2 is 2.06 bits per heavy atom. The third-order valence-corrected chi connectivity index (χ3v) is 2.61. The molecule has 1 aromatic heterocycles. The highest BCUT2D eigenvalue weighted by Crippen LogP contribution is 2.29. The molecule has 0 unspecified atom stereocenters. The molecule has 0 aliphatic carbocycles. The van der Waals surface area contributed by atoms with E-state index in [2.05, 4.69) is 4.98 Å². The van der Waals surface area contributed by atoms with Gasteiger partial charge in [-0.2, -0.15) is 13.2 Å². The lowest BCUT2D eigenvalue weighted by Crippen LogP contribution is -2.25. The van der Waals surface area contributed by atoms with Gasteiger partial charge in [0.15, 0.2) is 0 Å². The highest BCUT2D eigenvalue weighted by Gasteiger charge is 2.30. The minimum absolute atomic E-state index is 0.525. The van der Waals surface area contributed by atoms with Gasteiger partial charge in [0.2, 0.25) is 0 Å². The fraction of sp³-hybridized carbons (Fsp3) is 0.545. The van der Waals surface area contributed by atoms with E-state index in [4.69, 9.17) is 11.6 Å². The zero-order valence-corrected chi connectivity index (χ0v) is 10.2. The lowest BCUT2D eigenvalue weighted by Gasteiger charge is -2.21. The van der Waals surface area contributed by atoms with E-state index in [9.17, 15) is 13.2 Å². The summed E-state index contributed by atoms with van der Waals surface area (Å²) < 4.78 is 37.0. The van der Waals surface area contributed by atoms with Crippen molar-refractivity contribution in [3.05, 3.63) is 23.9 Å². The molecule has 0 aromatic carbocycles. The zero-order valence-electron chi connectivity index (χ0n) is 9.47. The Bertz CT molecular complexity index is 338. The maximum absolute atomic E-state index is 12.3. The number of aromatic nitrogens is 1. The molecule has 0 saturated heterocycles. The lowest BCUT2D eigenvalue weighted by molar-refractivity contribution is -0.137. The normalized spacial score (nSPS) is 11.6. The third kappa shape index (κ3) is 4.07. The molecule has 96 valence electrons. The average molecular weight is 267 g/mol. The summed E-state index contributed by atoms with van der Waals surface area (Å²) in [6, 6.07) is 2.44. The number of hydrogen-bond acceptors (Lipinski definition) is 2. The summed E-state index contributed by atoms with van der Waals surface area (Å²) in [4.78, 5) is 5.72. The molecule has 0 saturated carbocycles. The van der Waals surface area contributed by atoms with Crippen LogP contribution in [0.5, 0.6) is 0 Å². The number of pyridine rings is 1. The van der Waals surface area contributed by atoms with Gasteiger partial charge < -0.3 is 4.90 Å². The standard InChI is InChI=1S/C11H14ClF3N2/c1-2-17(7-3-6-12)10-5-4-9(8-16-10)11(13,14)15/h4-5,8H,2-3,6-7H2,1H3. The van der Waals surface area contributed by atoms with Crippen LogP contribution in [0.1, 0.15) is 18.9 Å². The van der Waals surface area contributed by atoms with Crippen molar-refractivity contribution in [1.29, 1.82) is 0 Å². The van der Waals surface area contributed by atoms with Crippen molar-refractivity contribution >= 4 is 17.4 Å². The van der Waals surface area contributed by atoms with Gasteiger partial charge in [-0.25, -0.2) is 4.98 Å². The van der Waals surface area contributed by atoms with Gasteiger partial charge in [0.25, 0.3) is 0 Å². The lowest BCUT2D eigenvalue weighted by atomic mass is 10.2. The molecule has 0 radical (unpaired) electrons. The molecule has 0 spiro atoms. The summed E-state index contributed by atoms with van der Waals surface area (Å²) in [5.41, 5.74) is -0.727. The molecule has 0 aliphatic heterocycles. The zero-order chi connectivity index (χ0) is 12.9. The highest BCUT2D eigenvalue weighted by molar-refractivity contribution is 6.17. The van der Waals surface area contributed by atoms with Crippen molar-refractivity contribution in [1.82, 2.24) is 4.98 Å². The smallest absolute Gasteiger partial charge is 0.357 e. The molecule has 1 heterocycles. The molecular formula is C11H14ClF3N2. The van der Waals surface area contributed by atoms with Gasteiger partial charge in [0.1, 0.15) is 5.82 Å². The molecule has 0 bridgehead atoms. The first-order valence-electron chi connectivity index (χ1n) is 5.33. The summed E-state index contributed by atoms with van der Waals surface area (Å²) in [6.07, 6.45) is -2.70. The van der Waals surface area contributed by atoms with Crippen LogP contribution in [0, 0.1) is 0 Å². The van der Waals surface area contributed by atoms with E-state index in [1.807, 2.05) is 11.8 Å². The first-order valence-corrected chi connectivity index (χ1v) is 5.86. The minimum atomic E-state index is -4.33. The Kier molecular flexibility index (Phi) is 5.05. The van der Waals surface area contributed by atoms with Crippen molar-refractivity contribution in [2.75, 3.05) is 23.9 Å². The van der Waals surface area contributed by atoms with Crippen LogP contribution in [0.25, 0.3) is 0 Å². The second-order valence-electron chi connectivity index (χ2n) is 3.53. The first-order chi connectivity index (χ1) is 7.99. The second-order valence-corrected chi connectivity index (χ2v) is 3.90. The maximum atomic E-state index is 12.3. The monoisotopic (exact) mass is 266 g/mol. The quantitative estimate of drug-likeness (QED) is 0.758.